The van der Waals surface area contributed by atoms with Gasteiger partial charge in [0.15, 0.2) is 0 Å². The van der Waals surface area contributed by atoms with Crippen molar-refractivity contribution >= 4 is 6.03 Å². The number of likely N-dealkylation sites (tertiary alicyclic amines) is 1. The summed E-state index contributed by atoms with van der Waals surface area (Å²) in [5.74, 6) is 1.27. The zero-order valence-corrected chi connectivity index (χ0v) is 13.9. The molecule has 124 valence electrons. The number of aromatic nitrogens is 3. The summed E-state index contributed by atoms with van der Waals surface area (Å²) in [5, 5.41) is 11.1. The Balaban J connectivity index is 1.49. The van der Waals surface area contributed by atoms with Crippen LogP contribution in [0.3, 0.4) is 0 Å². The molecule has 1 atom stereocenters. The van der Waals surface area contributed by atoms with E-state index in [1.807, 2.05) is 42.9 Å². The Labute approximate surface area is 135 Å². The predicted molar refractivity (Wildman–Crippen MR) is 84.8 cm³/mol. The van der Waals surface area contributed by atoms with Crippen LogP contribution in [-0.4, -0.2) is 39.0 Å². The highest BCUT2D eigenvalue weighted by Gasteiger charge is 2.26. The second-order valence-electron chi connectivity index (χ2n) is 6.29. The number of urea groups is 1. The summed E-state index contributed by atoms with van der Waals surface area (Å²) in [4.78, 5) is 14.2. The van der Waals surface area contributed by atoms with Crippen LogP contribution in [0.2, 0.25) is 0 Å². The molecule has 0 aliphatic carbocycles. The van der Waals surface area contributed by atoms with Crippen LogP contribution in [0.1, 0.15) is 29.0 Å². The highest BCUT2D eigenvalue weighted by atomic mass is 16.5. The van der Waals surface area contributed by atoms with Crippen LogP contribution in [0.4, 0.5) is 4.79 Å². The van der Waals surface area contributed by atoms with Gasteiger partial charge in [0.2, 0.25) is 0 Å². The SMILES string of the molecule is Cc1noc(C)c1CNC(=O)N1CC[C@@H](Cc2cnn(C)c2)C1. The molecule has 1 aliphatic rings. The van der Waals surface area contributed by atoms with Gasteiger partial charge in [-0.05, 0) is 38.2 Å². The number of carbonyl (C=O) groups is 1. The minimum atomic E-state index is -0.0151. The van der Waals surface area contributed by atoms with Crippen LogP contribution >= 0.6 is 0 Å². The fourth-order valence-corrected chi connectivity index (χ4v) is 3.12. The molecule has 2 aromatic heterocycles. The Morgan fingerprint density at radius 1 is 1.48 bits per heavy atom. The number of carbonyl (C=O) groups excluding carboxylic acids is 1. The van der Waals surface area contributed by atoms with Gasteiger partial charge in [-0.15, -0.1) is 0 Å². The standard InChI is InChI=1S/C16H23N5O2/c1-11-15(12(2)23-19-11)8-17-16(22)21-5-4-13(10-21)6-14-7-18-20(3)9-14/h7,9,13H,4-6,8,10H2,1-3H3,(H,17,22)/t13-/m0/s1. The van der Waals surface area contributed by atoms with Gasteiger partial charge in [0.05, 0.1) is 11.9 Å². The number of hydrogen-bond donors (Lipinski definition) is 1. The average molecular weight is 317 g/mol. The first-order chi connectivity index (χ1) is 11.0. The molecule has 0 spiro atoms. The van der Waals surface area contributed by atoms with E-state index < -0.39 is 0 Å². The van der Waals surface area contributed by atoms with Crippen molar-refractivity contribution < 1.29 is 9.32 Å². The maximum atomic E-state index is 12.3. The number of rotatable bonds is 4. The maximum Gasteiger partial charge on any atom is 0.317 e. The molecule has 0 radical (unpaired) electrons. The van der Waals surface area contributed by atoms with Gasteiger partial charge in [0, 0.05) is 38.4 Å². The fourth-order valence-electron chi connectivity index (χ4n) is 3.12. The van der Waals surface area contributed by atoms with Gasteiger partial charge in [0.25, 0.3) is 0 Å². The lowest BCUT2D eigenvalue weighted by Gasteiger charge is -2.17. The van der Waals surface area contributed by atoms with Gasteiger partial charge in [-0.2, -0.15) is 5.10 Å². The van der Waals surface area contributed by atoms with E-state index >= 15 is 0 Å². The molecule has 3 rings (SSSR count). The first-order valence-corrected chi connectivity index (χ1v) is 7.95. The number of nitrogens with one attached hydrogen (secondary N) is 1. The first-order valence-electron chi connectivity index (χ1n) is 7.95. The van der Waals surface area contributed by atoms with Gasteiger partial charge >= 0.3 is 6.03 Å². The second-order valence-corrected chi connectivity index (χ2v) is 6.29. The molecular formula is C16H23N5O2. The van der Waals surface area contributed by atoms with Gasteiger partial charge in [-0.25, -0.2) is 4.79 Å². The Hall–Kier alpha value is -2.31. The quantitative estimate of drug-likeness (QED) is 0.933. The number of hydrogen-bond acceptors (Lipinski definition) is 4. The zero-order valence-electron chi connectivity index (χ0n) is 13.9. The minimum absolute atomic E-state index is 0.0151. The van der Waals surface area contributed by atoms with Crippen molar-refractivity contribution in [2.45, 2.75) is 33.2 Å². The van der Waals surface area contributed by atoms with Crippen molar-refractivity contribution in [1.29, 1.82) is 0 Å². The van der Waals surface area contributed by atoms with E-state index in [2.05, 4.69) is 15.6 Å². The summed E-state index contributed by atoms with van der Waals surface area (Å²) in [5.41, 5.74) is 3.03. The maximum absolute atomic E-state index is 12.3. The van der Waals surface area contributed by atoms with Gasteiger partial charge < -0.3 is 14.7 Å². The fraction of sp³-hybridized carbons (Fsp3) is 0.562. The van der Waals surface area contributed by atoms with E-state index in [9.17, 15) is 4.79 Å². The van der Waals surface area contributed by atoms with Crippen molar-refractivity contribution in [3.8, 4) is 0 Å². The van der Waals surface area contributed by atoms with Crippen molar-refractivity contribution in [2.24, 2.45) is 13.0 Å². The van der Waals surface area contributed by atoms with Gasteiger partial charge in [0.1, 0.15) is 5.76 Å². The number of aryl methyl sites for hydroxylation is 3. The van der Waals surface area contributed by atoms with E-state index in [0.717, 1.165) is 42.9 Å². The molecule has 1 fully saturated rings. The monoisotopic (exact) mass is 317 g/mol. The number of amides is 2. The molecular weight excluding hydrogens is 294 g/mol. The van der Waals surface area contributed by atoms with Crippen LogP contribution in [0.5, 0.6) is 0 Å². The second kappa shape index (κ2) is 6.44. The highest BCUT2D eigenvalue weighted by molar-refractivity contribution is 5.74. The van der Waals surface area contributed by atoms with Crippen molar-refractivity contribution in [1.82, 2.24) is 25.2 Å². The first kappa shape index (κ1) is 15.6. The molecule has 3 heterocycles. The predicted octanol–water partition coefficient (Wildman–Crippen LogP) is 1.80. The lowest BCUT2D eigenvalue weighted by Crippen LogP contribution is -2.38. The third kappa shape index (κ3) is 3.55. The highest BCUT2D eigenvalue weighted by Crippen LogP contribution is 2.21. The normalized spacial score (nSPS) is 17.7. The lowest BCUT2D eigenvalue weighted by atomic mass is 10.0. The van der Waals surface area contributed by atoms with Crippen molar-refractivity contribution in [2.75, 3.05) is 13.1 Å². The third-order valence-electron chi connectivity index (χ3n) is 4.45. The van der Waals surface area contributed by atoms with Gasteiger partial charge in [-0.1, -0.05) is 5.16 Å². The molecule has 1 saturated heterocycles. The molecule has 0 saturated carbocycles. The van der Waals surface area contributed by atoms with E-state index in [4.69, 9.17) is 4.52 Å². The summed E-state index contributed by atoms with van der Waals surface area (Å²) in [6.07, 6.45) is 5.95. The average Bonchev–Trinajstić information content (AvgIpc) is 3.21. The lowest BCUT2D eigenvalue weighted by molar-refractivity contribution is 0.206. The Morgan fingerprint density at radius 3 is 2.96 bits per heavy atom. The summed E-state index contributed by atoms with van der Waals surface area (Å²) in [6, 6.07) is -0.0151. The molecule has 2 aromatic rings. The Bertz CT molecular complexity index is 671. The zero-order chi connectivity index (χ0) is 16.4. The van der Waals surface area contributed by atoms with Crippen LogP contribution in [0, 0.1) is 19.8 Å². The summed E-state index contributed by atoms with van der Waals surface area (Å²) in [7, 11) is 1.92. The molecule has 0 unspecified atom stereocenters. The summed E-state index contributed by atoms with van der Waals surface area (Å²) in [6.45, 7) is 5.81. The molecule has 1 N–H and O–H groups in total. The topological polar surface area (TPSA) is 76.2 Å². The minimum Gasteiger partial charge on any atom is -0.361 e. The van der Waals surface area contributed by atoms with Crippen molar-refractivity contribution in [3.63, 3.8) is 0 Å². The van der Waals surface area contributed by atoms with Crippen LogP contribution in [0.25, 0.3) is 0 Å². The number of nitrogens with zero attached hydrogens (tertiary/aromatic N) is 4. The Morgan fingerprint density at radius 2 is 2.30 bits per heavy atom. The molecule has 0 aromatic carbocycles. The Kier molecular flexibility index (Phi) is 4.36. The summed E-state index contributed by atoms with van der Waals surface area (Å²) < 4.78 is 6.93. The summed E-state index contributed by atoms with van der Waals surface area (Å²) >= 11 is 0. The molecule has 0 bridgehead atoms. The molecule has 7 nitrogen and oxygen atoms in total. The van der Waals surface area contributed by atoms with Crippen molar-refractivity contribution in [3.05, 3.63) is 35.0 Å². The van der Waals surface area contributed by atoms with Gasteiger partial charge in [-0.3, -0.25) is 4.68 Å². The van der Waals surface area contributed by atoms with E-state index in [-0.39, 0.29) is 6.03 Å². The smallest absolute Gasteiger partial charge is 0.317 e. The van der Waals surface area contributed by atoms with Crippen LogP contribution in [0.15, 0.2) is 16.9 Å². The van der Waals surface area contributed by atoms with E-state index in [1.165, 1.54) is 5.56 Å². The molecule has 1 aliphatic heterocycles. The van der Waals surface area contributed by atoms with Crippen LogP contribution < -0.4 is 5.32 Å². The third-order valence-corrected chi connectivity index (χ3v) is 4.45. The van der Waals surface area contributed by atoms with Crippen LogP contribution in [-0.2, 0) is 20.0 Å². The molecule has 23 heavy (non-hydrogen) atoms. The van der Waals surface area contributed by atoms with E-state index in [0.29, 0.717) is 12.5 Å². The van der Waals surface area contributed by atoms with E-state index in [1.54, 1.807) is 0 Å². The molecule has 2 amide bonds. The largest absolute Gasteiger partial charge is 0.361 e. The molecule has 7 heteroatoms.